The van der Waals surface area contributed by atoms with Crippen molar-refractivity contribution in [3.05, 3.63) is 84.4 Å². The van der Waals surface area contributed by atoms with Crippen LogP contribution < -0.4 is 19.4 Å². The number of anilines is 2. The summed E-state index contributed by atoms with van der Waals surface area (Å²) in [7, 11) is -3.70. The van der Waals surface area contributed by atoms with E-state index in [2.05, 4.69) is 29.3 Å². The Labute approximate surface area is 206 Å². The van der Waals surface area contributed by atoms with Crippen molar-refractivity contribution < 1.29 is 17.9 Å². The predicted octanol–water partition coefficient (Wildman–Crippen LogP) is 4.24. The molecule has 0 saturated heterocycles. The summed E-state index contributed by atoms with van der Waals surface area (Å²) in [6, 6.07) is 23.5. The van der Waals surface area contributed by atoms with E-state index >= 15 is 0 Å². The lowest BCUT2D eigenvalue weighted by molar-refractivity contribution is -0.119. The van der Waals surface area contributed by atoms with Crippen molar-refractivity contribution in [3.8, 4) is 11.5 Å². The van der Waals surface area contributed by atoms with Crippen molar-refractivity contribution in [3.63, 3.8) is 0 Å². The number of hydrazone groups is 1. The van der Waals surface area contributed by atoms with Crippen LogP contribution in [0.15, 0.2) is 84.0 Å². The Morgan fingerprint density at radius 3 is 2.03 bits per heavy atom. The smallest absolute Gasteiger partial charge is 0.260 e. The van der Waals surface area contributed by atoms with Gasteiger partial charge >= 0.3 is 0 Å². The molecule has 3 aromatic rings. The fourth-order valence-corrected chi connectivity index (χ4v) is 4.27. The molecule has 0 aliphatic carbocycles. The number of nitrogens with zero attached hydrogens (tertiary/aromatic N) is 3. The van der Waals surface area contributed by atoms with E-state index in [1.807, 2.05) is 54.6 Å². The van der Waals surface area contributed by atoms with Crippen molar-refractivity contribution in [1.82, 2.24) is 5.43 Å². The van der Waals surface area contributed by atoms with Gasteiger partial charge in [0.2, 0.25) is 10.0 Å². The first-order valence-corrected chi connectivity index (χ1v) is 13.1. The average molecular weight is 495 g/mol. The SMILES string of the molecule is CCN(CC)c1ccc(/C=N\NC(=O)CN(c2ccc(Oc3ccccc3)cc2)S(C)(=O)=O)cc1. The number of carbonyl (C=O) groups excluding carboxylic acids is 1. The second-order valence-electron chi connectivity index (χ2n) is 7.74. The number of sulfonamides is 1. The molecule has 0 heterocycles. The zero-order valence-electron chi connectivity index (χ0n) is 20.1. The maximum Gasteiger partial charge on any atom is 0.260 e. The molecular formula is C26H30N4O4S. The van der Waals surface area contributed by atoms with Gasteiger partial charge in [0.1, 0.15) is 18.0 Å². The number of amides is 1. The molecule has 9 heteroatoms. The number of nitrogens with one attached hydrogen (secondary N) is 1. The van der Waals surface area contributed by atoms with Crippen LogP contribution in [-0.4, -0.2) is 46.4 Å². The highest BCUT2D eigenvalue weighted by atomic mass is 32.2. The summed E-state index contributed by atoms with van der Waals surface area (Å²) >= 11 is 0. The highest BCUT2D eigenvalue weighted by Crippen LogP contribution is 2.25. The fourth-order valence-electron chi connectivity index (χ4n) is 3.41. The summed E-state index contributed by atoms with van der Waals surface area (Å²) < 4.78 is 31.5. The number of hydrogen-bond acceptors (Lipinski definition) is 6. The third-order valence-electron chi connectivity index (χ3n) is 5.22. The highest BCUT2D eigenvalue weighted by molar-refractivity contribution is 7.92. The van der Waals surface area contributed by atoms with Crippen LogP contribution in [0, 0.1) is 0 Å². The summed E-state index contributed by atoms with van der Waals surface area (Å²) in [5.41, 5.74) is 4.67. The largest absolute Gasteiger partial charge is 0.457 e. The van der Waals surface area contributed by atoms with Crippen molar-refractivity contribution in [2.75, 3.05) is 35.1 Å². The van der Waals surface area contributed by atoms with E-state index in [9.17, 15) is 13.2 Å². The fraction of sp³-hybridized carbons (Fsp3) is 0.231. The van der Waals surface area contributed by atoms with Gasteiger partial charge in [-0.25, -0.2) is 13.8 Å². The lowest BCUT2D eigenvalue weighted by Crippen LogP contribution is -2.39. The second kappa shape index (κ2) is 12.0. The molecule has 0 saturated carbocycles. The van der Waals surface area contributed by atoms with E-state index in [1.165, 1.54) is 6.21 Å². The second-order valence-corrected chi connectivity index (χ2v) is 9.64. The third-order valence-corrected chi connectivity index (χ3v) is 6.36. The van der Waals surface area contributed by atoms with Gasteiger partial charge in [0.15, 0.2) is 0 Å². The maximum absolute atomic E-state index is 12.4. The van der Waals surface area contributed by atoms with Gasteiger partial charge in [-0.2, -0.15) is 5.10 Å². The van der Waals surface area contributed by atoms with Gasteiger partial charge in [0.05, 0.1) is 18.2 Å². The molecule has 3 rings (SSSR count). The first-order valence-electron chi connectivity index (χ1n) is 11.3. The van der Waals surface area contributed by atoms with Crippen LogP contribution in [0.1, 0.15) is 19.4 Å². The van der Waals surface area contributed by atoms with E-state index in [1.54, 1.807) is 24.3 Å². The van der Waals surface area contributed by atoms with Crippen molar-refractivity contribution >= 4 is 33.5 Å². The lowest BCUT2D eigenvalue weighted by atomic mass is 10.2. The molecule has 0 aromatic heterocycles. The van der Waals surface area contributed by atoms with E-state index in [0.717, 1.165) is 34.9 Å². The highest BCUT2D eigenvalue weighted by Gasteiger charge is 2.20. The van der Waals surface area contributed by atoms with Crippen LogP contribution in [0.3, 0.4) is 0 Å². The van der Waals surface area contributed by atoms with E-state index in [4.69, 9.17) is 4.74 Å². The van der Waals surface area contributed by atoms with Crippen LogP contribution in [0.5, 0.6) is 11.5 Å². The Kier molecular flexibility index (Phi) is 8.86. The summed E-state index contributed by atoms with van der Waals surface area (Å²) in [5.74, 6) is 0.658. The molecule has 1 N–H and O–H groups in total. The topological polar surface area (TPSA) is 91.3 Å². The Morgan fingerprint density at radius 1 is 0.886 bits per heavy atom. The Morgan fingerprint density at radius 2 is 1.46 bits per heavy atom. The van der Waals surface area contributed by atoms with Gasteiger partial charge in [-0.3, -0.25) is 9.10 Å². The molecule has 0 unspecified atom stereocenters. The van der Waals surface area contributed by atoms with Gasteiger partial charge in [0, 0.05) is 18.8 Å². The minimum absolute atomic E-state index is 0.346. The summed E-state index contributed by atoms with van der Waals surface area (Å²) in [6.07, 6.45) is 2.57. The quantitative estimate of drug-likeness (QED) is 0.318. The first kappa shape index (κ1) is 25.8. The summed E-state index contributed by atoms with van der Waals surface area (Å²) in [5, 5.41) is 3.97. The number of carbonyl (C=O) groups is 1. The molecule has 8 nitrogen and oxygen atoms in total. The number of ether oxygens (including phenoxy) is 1. The van der Waals surface area contributed by atoms with Gasteiger partial charge in [0.25, 0.3) is 5.91 Å². The minimum atomic E-state index is -3.70. The van der Waals surface area contributed by atoms with Crippen molar-refractivity contribution in [1.29, 1.82) is 0 Å². The Hall–Kier alpha value is -3.85. The number of hydrogen-bond donors (Lipinski definition) is 1. The zero-order valence-corrected chi connectivity index (χ0v) is 20.9. The summed E-state index contributed by atoms with van der Waals surface area (Å²) in [6.45, 7) is 5.62. The molecule has 1 amide bonds. The zero-order chi connectivity index (χ0) is 25.3. The Bertz CT molecular complexity index is 1220. The monoisotopic (exact) mass is 494 g/mol. The van der Waals surface area contributed by atoms with E-state index in [0.29, 0.717) is 17.2 Å². The number of benzene rings is 3. The molecule has 0 spiro atoms. The van der Waals surface area contributed by atoms with Gasteiger partial charge in [-0.05, 0) is 67.9 Å². The standard InChI is InChI=1S/C26H30N4O4S/c1-4-29(5-2)22-13-11-21(12-14-22)19-27-28-26(31)20-30(35(3,32)33)23-15-17-25(18-16-23)34-24-9-7-6-8-10-24/h6-19H,4-5,20H2,1-3H3,(H,28,31)/b27-19-. The van der Waals surface area contributed by atoms with E-state index in [-0.39, 0.29) is 0 Å². The lowest BCUT2D eigenvalue weighted by Gasteiger charge is -2.21. The maximum atomic E-state index is 12.4. The molecule has 3 aromatic carbocycles. The molecule has 0 radical (unpaired) electrons. The molecular weight excluding hydrogens is 464 g/mol. The van der Waals surface area contributed by atoms with Crippen LogP contribution in [0.4, 0.5) is 11.4 Å². The van der Waals surface area contributed by atoms with Crippen LogP contribution >= 0.6 is 0 Å². The molecule has 0 fully saturated rings. The predicted molar refractivity (Wildman–Crippen MR) is 141 cm³/mol. The van der Waals surface area contributed by atoms with Gasteiger partial charge in [-0.15, -0.1) is 0 Å². The molecule has 35 heavy (non-hydrogen) atoms. The molecule has 0 atom stereocenters. The van der Waals surface area contributed by atoms with Gasteiger partial charge in [-0.1, -0.05) is 30.3 Å². The minimum Gasteiger partial charge on any atom is -0.457 e. The van der Waals surface area contributed by atoms with Crippen LogP contribution in [0.25, 0.3) is 0 Å². The average Bonchev–Trinajstić information content (AvgIpc) is 2.85. The molecule has 0 aliphatic heterocycles. The van der Waals surface area contributed by atoms with E-state index < -0.39 is 22.5 Å². The van der Waals surface area contributed by atoms with Crippen LogP contribution in [0.2, 0.25) is 0 Å². The molecule has 0 bridgehead atoms. The Balaban J connectivity index is 1.62. The third kappa shape index (κ3) is 7.58. The molecule has 0 aliphatic rings. The van der Waals surface area contributed by atoms with Crippen LogP contribution in [-0.2, 0) is 14.8 Å². The van der Waals surface area contributed by atoms with Crippen molar-refractivity contribution in [2.24, 2.45) is 5.10 Å². The molecule has 184 valence electrons. The first-order chi connectivity index (χ1) is 16.8. The normalized spacial score (nSPS) is 11.3. The number of rotatable bonds is 11. The van der Waals surface area contributed by atoms with Gasteiger partial charge < -0.3 is 9.64 Å². The summed E-state index contributed by atoms with van der Waals surface area (Å²) in [4.78, 5) is 14.7. The van der Waals surface area contributed by atoms with Crippen molar-refractivity contribution in [2.45, 2.75) is 13.8 Å². The number of para-hydroxylation sites is 1.